The number of aliphatic imine (C=N–C) groups is 1. The molecule has 0 saturated carbocycles. The number of fused-ring (bicyclic) bond motifs is 1. The van der Waals surface area contributed by atoms with Crippen LogP contribution in [0.15, 0.2) is 29.3 Å². The quantitative estimate of drug-likeness (QED) is 0.249. The third-order valence-corrected chi connectivity index (χ3v) is 4.60. The van der Waals surface area contributed by atoms with Crippen molar-refractivity contribution in [3.8, 4) is 0 Å². The van der Waals surface area contributed by atoms with Crippen LogP contribution in [0.25, 0.3) is 0 Å². The number of ether oxygens (including phenoxy) is 1. The average Bonchev–Trinajstić information content (AvgIpc) is 2.96. The maximum Gasteiger partial charge on any atom is 0.261 e. The van der Waals surface area contributed by atoms with Gasteiger partial charge in [0, 0.05) is 39.9 Å². The first kappa shape index (κ1) is 21.9. The van der Waals surface area contributed by atoms with Gasteiger partial charge in [0.25, 0.3) is 11.8 Å². The van der Waals surface area contributed by atoms with Crippen molar-refractivity contribution in [2.75, 3.05) is 39.9 Å². The van der Waals surface area contributed by atoms with E-state index in [1.807, 2.05) is 0 Å². The largest absolute Gasteiger partial charge is 0.381 e. The van der Waals surface area contributed by atoms with Crippen LogP contribution in [0.5, 0.6) is 0 Å². The van der Waals surface area contributed by atoms with E-state index in [4.69, 9.17) is 4.74 Å². The minimum atomic E-state index is -0.188. The SMILES string of the molecule is CCCCOCCCNC(=NC)NCCCCN1C(=O)c2ccccc2C1=O. The van der Waals surface area contributed by atoms with E-state index in [2.05, 4.69) is 22.5 Å². The van der Waals surface area contributed by atoms with Gasteiger partial charge in [-0.05, 0) is 37.8 Å². The zero-order valence-electron chi connectivity index (χ0n) is 17.0. The molecule has 0 bridgehead atoms. The number of unbranched alkanes of at least 4 members (excludes halogenated alkanes) is 2. The van der Waals surface area contributed by atoms with Gasteiger partial charge in [-0.15, -0.1) is 0 Å². The number of nitrogens with one attached hydrogen (secondary N) is 2. The van der Waals surface area contributed by atoms with Gasteiger partial charge in [0.05, 0.1) is 11.1 Å². The first-order valence-electron chi connectivity index (χ1n) is 10.2. The molecule has 1 aliphatic heterocycles. The molecule has 154 valence electrons. The van der Waals surface area contributed by atoms with Crippen LogP contribution in [-0.4, -0.2) is 62.6 Å². The Hall–Kier alpha value is -2.41. The van der Waals surface area contributed by atoms with E-state index in [0.29, 0.717) is 17.7 Å². The topological polar surface area (TPSA) is 83.0 Å². The molecule has 0 spiro atoms. The van der Waals surface area contributed by atoms with E-state index >= 15 is 0 Å². The van der Waals surface area contributed by atoms with Gasteiger partial charge in [0.1, 0.15) is 0 Å². The summed E-state index contributed by atoms with van der Waals surface area (Å²) in [7, 11) is 1.74. The Bertz CT molecular complexity index is 640. The van der Waals surface area contributed by atoms with Crippen LogP contribution in [-0.2, 0) is 4.74 Å². The lowest BCUT2D eigenvalue weighted by Gasteiger charge is -2.15. The normalized spacial score (nSPS) is 13.8. The number of nitrogens with zero attached hydrogens (tertiary/aromatic N) is 2. The van der Waals surface area contributed by atoms with Crippen LogP contribution in [0.3, 0.4) is 0 Å². The number of hydrogen-bond donors (Lipinski definition) is 2. The smallest absolute Gasteiger partial charge is 0.261 e. The number of carbonyl (C=O) groups excluding carboxylic acids is 2. The predicted octanol–water partition coefficient (Wildman–Crippen LogP) is 2.43. The van der Waals surface area contributed by atoms with Crippen molar-refractivity contribution in [1.82, 2.24) is 15.5 Å². The summed E-state index contributed by atoms with van der Waals surface area (Å²) in [5.41, 5.74) is 1.02. The molecule has 0 aromatic heterocycles. The standard InChI is InChI=1S/C21H32N4O3/c1-3-4-15-28-16-9-13-24-21(22-2)23-12-7-8-14-25-19(26)17-10-5-6-11-18(17)20(25)27/h5-6,10-11H,3-4,7-9,12-16H2,1-2H3,(H2,22,23,24). The van der Waals surface area contributed by atoms with E-state index in [9.17, 15) is 9.59 Å². The Kier molecular flexibility index (Phi) is 9.48. The highest BCUT2D eigenvalue weighted by atomic mass is 16.5. The first-order chi connectivity index (χ1) is 13.7. The van der Waals surface area contributed by atoms with Gasteiger partial charge in [-0.25, -0.2) is 0 Å². The summed E-state index contributed by atoms with van der Waals surface area (Å²) in [5.74, 6) is 0.383. The Labute approximate surface area is 167 Å². The predicted molar refractivity (Wildman–Crippen MR) is 111 cm³/mol. The molecule has 28 heavy (non-hydrogen) atoms. The number of benzene rings is 1. The van der Waals surface area contributed by atoms with Crippen molar-refractivity contribution in [1.29, 1.82) is 0 Å². The maximum atomic E-state index is 12.3. The minimum absolute atomic E-state index is 0.188. The summed E-state index contributed by atoms with van der Waals surface area (Å²) < 4.78 is 5.53. The lowest BCUT2D eigenvalue weighted by atomic mass is 10.1. The zero-order valence-corrected chi connectivity index (χ0v) is 17.0. The highest BCUT2D eigenvalue weighted by Gasteiger charge is 2.34. The molecule has 7 nitrogen and oxygen atoms in total. The molecule has 0 radical (unpaired) electrons. The molecule has 0 unspecified atom stereocenters. The van der Waals surface area contributed by atoms with Gasteiger partial charge in [0.15, 0.2) is 5.96 Å². The van der Waals surface area contributed by atoms with E-state index in [0.717, 1.165) is 64.4 Å². The lowest BCUT2D eigenvalue weighted by molar-refractivity contribution is 0.0652. The Morgan fingerprint density at radius 3 is 2.18 bits per heavy atom. The maximum absolute atomic E-state index is 12.3. The molecular formula is C21H32N4O3. The zero-order chi connectivity index (χ0) is 20.2. The number of guanidine groups is 1. The molecule has 1 aromatic carbocycles. The molecule has 0 saturated heterocycles. The molecule has 2 amide bonds. The van der Waals surface area contributed by atoms with E-state index in [-0.39, 0.29) is 11.8 Å². The average molecular weight is 389 g/mol. The summed E-state index contributed by atoms with van der Waals surface area (Å²) in [5, 5.41) is 6.51. The molecule has 1 heterocycles. The van der Waals surface area contributed by atoms with Crippen molar-refractivity contribution < 1.29 is 14.3 Å². The van der Waals surface area contributed by atoms with Crippen LogP contribution in [0.2, 0.25) is 0 Å². The molecular weight excluding hydrogens is 356 g/mol. The molecule has 0 fully saturated rings. The monoisotopic (exact) mass is 388 g/mol. The Balaban J connectivity index is 1.57. The van der Waals surface area contributed by atoms with Crippen LogP contribution in [0, 0.1) is 0 Å². The fourth-order valence-corrected chi connectivity index (χ4v) is 2.99. The molecule has 2 N–H and O–H groups in total. The number of amides is 2. The van der Waals surface area contributed by atoms with Crippen LogP contribution in [0.4, 0.5) is 0 Å². The third kappa shape index (κ3) is 6.34. The second kappa shape index (κ2) is 12.1. The fourth-order valence-electron chi connectivity index (χ4n) is 2.99. The molecule has 7 heteroatoms. The fraction of sp³-hybridized carbons (Fsp3) is 0.571. The number of rotatable bonds is 12. The summed E-state index contributed by atoms with van der Waals surface area (Å²) in [6.07, 6.45) is 4.79. The highest BCUT2D eigenvalue weighted by Crippen LogP contribution is 2.22. The number of hydrogen-bond acceptors (Lipinski definition) is 4. The van der Waals surface area contributed by atoms with Crippen LogP contribution in [0.1, 0.15) is 59.7 Å². The summed E-state index contributed by atoms with van der Waals surface area (Å²) in [6.45, 7) is 5.72. The van der Waals surface area contributed by atoms with Crippen LogP contribution < -0.4 is 10.6 Å². The number of carbonyl (C=O) groups is 2. The van der Waals surface area contributed by atoms with E-state index < -0.39 is 0 Å². The second-order valence-electron chi connectivity index (χ2n) is 6.76. The van der Waals surface area contributed by atoms with Crippen molar-refractivity contribution in [2.24, 2.45) is 4.99 Å². The second-order valence-corrected chi connectivity index (χ2v) is 6.76. The summed E-state index contributed by atoms with van der Waals surface area (Å²) in [4.78, 5) is 30.2. The van der Waals surface area contributed by atoms with Crippen molar-refractivity contribution in [3.63, 3.8) is 0 Å². The van der Waals surface area contributed by atoms with Gasteiger partial charge in [0.2, 0.25) is 0 Å². The third-order valence-electron chi connectivity index (χ3n) is 4.60. The van der Waals surface area contributed by atoms with Gasteiger partial charge in [-0.2, -0.15) is 0 Å². The van der Waals surface area contributed by atoms with Gasteiger partial charge >= 0.3 is 0 Å². The van der Waals surface area contributed by atoms with Gasteiger partial charge in [-0.3, -0.25) is 19.5 Å². The van der Waals surface area contributed by atoms with Crippen LogP contribution >= 0.6 is 0 Å². The first-order valence-corrected chi connectivity index (χ1v) is 10.2. The van der Waals surface area contributed by atoms with Gasteiger partial charge < -0.3 is 15.4 Å². The van der Waals surface area contributed by atoms with Gasteiger partial charge in [-0.1, -0.05) is 25.5 Å². The summed E-state index contributed by atoms with van der Waals surface area (Å²) >= 11 is 0. The lowest BCUT2D eigenvalue weighted by Crippen LogP contribution is -2.38. The van der Waals surface area contributed by atoms with Crippen molar-refractivity contribution in [2.45, 2.75) is 39.0 Å². The molecule has 1 aromatic rings. The Morgan fingerprint density at radius 2 is 1.57 bits per heavy atom. The van der Waals surface area contributed by atoms with E-state index in [1.165, 1.54) is 4.90 Å². The molecule has 1 aliphatic rings. The highest BCUT2D eigenvalue weighted by molar-refractivity contribution is 6.21. The molecule has 0 aliphatic carbocycles. The minimum Gasteiger partial charge on any atom is -0.381 e. The number of imide groups is 1. The van der Waals surface area contributed by atoms with Crippen molar-refractivity contribution in [3.05, 3.63) is 35.4 Å². The van der Waals surface area contributed by atoms with Crippen molar-refractivity contribution >= 4 is 17.8 Å². The van der Waals surface area contributed by atoms with E-state index in [1.54, 1.807) is 31.3 Å². The molecule has 2 rings (SSSR count). The summed E-state index contributed by atoms with van der Waals surface area (Å²) in [6, 6.07) is 6.99. The molecule has 0 atom stereocenters. The Morgan fingerprint density at radius 1 is 0.964 bits per heavy atom.